The van der Waals surface area contributed by atoms with Crippen molar-refractivity contribution in [1.82, 2.24) is 4.90 Å². The Morgan fingerprint density at radius 3 is 2.79 bits per heavy atom. The highest BCUT2D eigenvalue weighted by atomic mass is 16.2. The highest BCUT2D eigenvalue weighted by Gasteiger charge is 2.21. The minimum atomic E-state index is -0.297. The van der Waals surface area contributed by atoms with Gasteiger partial charge in [0, 0.05) is 24.2 Å². The maximum atomic E-state index is 12.0. The third-order valence-electron chi connectivity index (χ3n) is 3.06. The lowest BCUT2D eigenvalue weighted by atomic mass is 10.1. The van der Waals surface area contributed by atoms with Crippen LogP contribution in [0.3, 0.4) is 0 Å². The van der Waals surface area contributed by atoms with E-state index in [4.69, 9.17) is 0 Å². The molecule has 0 radical (unpaired) electrons. The minimum Gasteiger partial charge on any atom is -0.317 e. The smallest absolute Gasteiger partial charge is 0.317 e. The van der Waals surface area contributed by atoms with Crippen LogP contribution < -0.4 is 5.32 Å². The molecular weight excluding hydrogens is 244 g/mol. The standard InChI is InChI=1S/C14H16N2O3/c1-10(17)11-4-2-5-12(8-11)15-14(19)16-7-3-6-13(18)9-16/h2,4-5,8H,3,6-7,9H2,1H3,(H,15,19). The van der Waals surface area contributed by atoms with E-state index in [1.165, 1.54) is 11.8 Å². The second-order valence-electron chi connectivity index (χ2n) is 4.63. The van der Waals surface area contributed by atoms with Crippen LogP contribution in [0.5, 0.6) is 0 Å². The Morgan fingerprint density at radius 1 is 1.32 bits per heavy atom. The van der Waals surface area contributed by atoms with E-state index < -0.39 is 0 Å². The molecule has 0 aromatic heterocycles. The number of amides is 2. The van der Waals surface area contributed by atoms with Gasteiger partial charge in [0.15, 0.2) is 11.6 Å². The molecular formula is C14H16N2O3. The molecule has 0 spiro atoms. The van der Waals surface area contributed by atoms with Crippen molar-refractivity contribution in [3.8, 4) is 0 Å². The minimum absolute atomic E-state index is 0.0516. The van der Waals surface area contributed by atoms with Crippen LogP contribution in [0, 0.1) is 0 Å². The van der Waals surface area contributed by atoms with Gasteiger partial charge in [-0.05, 0) is 25.5 Å². The summed E-state index contributed by atoms with van der Waals surface area (Å²) in [5.41, 5.74) is 1.11. The van der Waals surface area contributed by atoms with Crippen molar-refractivity contribution >= 4 is 23.3 Å². The zero-order valence-electron chi connectivity index (χ0n) is 10.8. The van der Waals surface area contributed by atoms with E-state index in [0.29, 0.717) is 30.6 Å². The number of rotatable bonds is 2. The molecule has 100 valence electrons. The topological polar surface area (TPSA) is 66.5 Å². The van der Waals surface area contributed by atoms with E-state index >= 15 is 0 Å². The van der Waals surface area contributed by atoms with Crippen molar-refractivity contribution in [2.24, 2.45) is 0 Å². The van der Waals surface area contributed by atoms with Crippen LogP contribution in [0.25, 0.3) is 0 Å². The highest BCUT2D eigenvalue weighted by molar-refractivity contribution is 5.97. The normalized spacial score (nSPS) is 15.2. The number of piperidine rings is 1. The third-order valence-corrected chi connectivity index (χ3v) is 3.06. The lowest BCUT2D eigenvalue weighted by Crippen LogP contribution is -2.42. The number of carbonyl (C=O) groups excluding carboxylic acids is 3. The zero-order chi connectivity index (χ0) is 13.8. The average molecular weight is 260 g/mol. The van der Waals surface area contributed by atoms with Gasteiger partial charge in [0.1, 0.15) is 0 Å². The number of nitrogens with zero attached hydrogens (tertiary/aromatic N) is 1. The van der Waals surface area contributed by atoms with Crippen LogP contribution in [0.2, 0.25) is 0 Å². The van der Waals surface area contributed by atoms with Crippen LogP contribution in [-0.4, -0.2) is 35.6 Å². The number of nitrogens with one attached hydrogen (secondary N) is 1. The molecule has 1 fully saturated rings. The highest BCUT2D eigenvalue weighted by Crippen LogP contribution is 2.13. The van der Waals surface area contributed by atoms with Crippen molar-refractivity contribution in [3.05, 3.63) is 29.8 Å². The number of ketones is 2. The number of carbonyl (C=O) groups is 3. The lowest BCUT2D eigenvalue weighted by Gasteiger charge is -2.26. The molecule has 2 amide bonds. The molecule has 0 unspecified atom stereocenters. The largest absolute Gasteiger partial charge is 0.322 e. The van der Waals surface area contributed by atoms with Crippen LogP contribution in [-0.2, 0) is 4.79 Å². The van der Waals surface area contributed by atoms with E-state index in [1.54, 1.807) is 24.3 Å². The fourth-order valence-electron chi connectivity index (χ4n) is 2.03. The molecule has 19 heavy (non-hydrogen) atoms. The van der Waals surface area contributed by atoms with Crippen LogP contribution in [0.4, 0.5) is 10.5 Å². The van der Waals surface area contributed by atoms with Gasteiger partial charge in [-0.15, -0.1) is 0 Å². The number of hydrogen-bond donors (Lipinski definition) is 1. The number of benzene rings is 1. The summed E-state index contributed by atoms with van der Waals surface area (Å²) in [4.78, 5) is 36.0. The predicted octanol–water partition coefficient (Wildman–Crippen LogP) is 2.09. The van der Waals surface area contributed by atoms with Crippen molar-refractivity contribution in [2.75, 3.05) is 18.4 Å². The molecule has 0 atom stereocenters. The Balaban J connectivity index is 2.04. The lowest BCUT2D eigenvalue weighted by molar-refractivity contribution is -0.121. The summed E-state index contributed by atoms with van der Waals surface area (Å²) < 4.78 is 0. The first-order valence-electron chi connectivity index (χ1n) is 6.25. The number of likely N-dealkylation sites (tertiary alicyclic amines) is 1. The monoisotopic (exact) mass is 260 g/mol. The summed E-state index contributed by atoms with van der Waals surface area (Å²) in [7, 11) is 0. The quantitative estimate of drug-likeness (QED) is 0.828. The summed E-state index contributed by atoms with van der Waals surface area (Å²) in [6.45, 7) is 2.23. The molecule has 1 heterocycles. The molecule has 1 saturated heterocycles. The van der Waals surface area contributed by atoms with E-state index in [0.717, 1.165) is 0 Å². The summed E-state index contributed by atoms with van der Waals surface area (Å²) in [6, 6.07) is 6.46. The summed E-state index contributed by atoms with van der Waals surface area (Å²) in [5, 5.41) is 2.71. The van der Waals surface area contributed by atoms with Gasteiger partial charge in [-0.25, -0.2) is 4.79 Å². The molecule has 0 aliphatic carbocycles. The Labute approximate surface area is 111 Å². The first-order valence-corrected chi connectivity index (χ1v) is 6.25. The molecule has 5 nitrogen and oxygen atoms in total. The van der Waals surface area contributed by atoms with Crippen molar-refractivity contribution in [3.63, 3.8) is 0 Å². The molecule has 2 rings (SSSR count). The summed E-state index contributed by atoms with van der Waals surface area (Å²) in [6.07, 6.45) is 1.25. The van der Waals surface area contributed by atoms with Gasteiger partial charge < -0.3 is 10.2 Å². The van der Waals surface area contributed by atoms with Gasteiger partial charge in [-0.3, -0.25) is 9.59 Å². The molecule has 1 aliphatic heterocycles. The fraction of sp³-hybridized carbons (Fsp3) is 0.357. The van der Waals surface area contributed by atoms with Crippen LogP contribution >= 0.6 is 0 Å². The van der Waals surface area contributed by atoms with E-state index in [1.807, 2.05) is 0 Å². The maximum Gasteiger partial charge on any atom is 0.322 e. The van der Waals surface area contributed by atoms with Crippen LogP contribution in [0.15, 0.2) is 24.3 Å². The Morgan fingerprint density at radius 2 is 2.11 bits per heavy atom. The fourth-order valence-corrected chi connectivity index (χ4v) is 2.03. The molecule has 1 N–H and O–H groups in total. The van der Waals surface area contributed by atoms with Crippen molar-refractivity contribution in [2.45, 2.75) is 19.8 Å². The van der Waals surface area contributed by atoms with Gasteiger partial charge >= 0.3 is 6.03 Å². The number of urea groups is 1. The Bertz CT molecular complexity index is 525. The van der Waals surface area contributed by atoms with Crippen LogP contribution in [0.1, 0.15) is 30.1 Å². The predicted molar refractivity (Wildman–Crippen MR) is 71.3 cm³/mol. The molecule has 5 heteroatoms. The van der Waals surface area contributed by atoms with E-state index in [9.17, 15) is 14.4 Å². The maximum absolute atomic E-state index is 12.0. The second-order valence-corrected chi connectivity index (χ2v) is 4.63. The van der Waals surface area contributed by atoms with Gasteiger partial charge in [0.05, 0.1) is 6.54 Å². The first kappa shape index (κ1) is 13.3. The van der Waals surface area contributed by atoms with Gasteiger partial charge in [0.2, 0.25) is 0 Å². The number of Topliss-reactive ketones (excluding diaryl/α,β-unsaturated/α-hetero) is 2. The average Bonchev–Trinajstić information content (AvgIpc) is 2.39. The number of hydrogen-bond acceptors (Lipinski definition) is 3. The molecule has 0 saturated carbocycles. The Hall–Kier alpha value is -2.17. The summed E-state index contributed by atoms with van der Waals surface area (Å²) in [5.74, 6) is 0.0307. The Kier molecular flexibility index (Phi) is 3.94. The zero-order valence-corrected chi connectivity index (χ0v) is 10.8. The van der Waals surface area contributed by atoms with Gasteiger partial charge in [0.25, 0.3) is 0 Å². The summed E-state index contributed by atoms with van der Waals surface area (Å²) >= 11 is 0. The first-order chi connectivity index (χ1) is 9.06. The second kappa shape index (κ2) is 5.65. The SMILES string of the molecule is CC(=O)c1cccc(NC(=O)N2CCCC(=O)C2)c1. The molecule has 1 aromatic carbocycles. The van der Waals surface area contributed by atoms with E-state index in [2.05, 4.69) is 5.32 Å². The van der Waals surface area contributed by atoms with Crippen molar-refractivity contribution < 1.29 is 14.4 Å². The molecule has 1 aliphatic rings. The van der Waals surface area contributed by atoms with E-state index in [-0.39, 0.29) is 24.1 Å². The molecule has 1 aromatic rings. The van der Waals surface area contributed by atoms with Gasteiger partial charge in [-0.2, -0.15) is 0 Å². The van der Waals surface area contributed by atoms with Crippen molar-refractivity contribution in [1.29, 1.82) is 0 Å². The number of anilines is 1. The molecule has 0 bridgehead atoms. The third kappa shape index (κ3) is 3.40. The van der Waals surface area contributed by atoms with Gasteiger partial charge in [-0.1, -0.05) is 12.1 Å².